The van der Waals surface area contributed by atoms with Gasteiger partial charge in [-0.3, -0.25) is 9.59 Å². The zero-order chi connectivity index (χ0) is 27.5. The third kappa shape index (κ3) is 6.23. The van der Waals surface area contributed by atoms with Gasteiger partial charge in [0, 0.05) is 13.8 Å². The first kappa shape index (κ1) is 27.9. The van der Waals surface area contributed by atoms with Crippen molar-refractivity contribution in [3.8, 4) is 0 Å². The predicted molar refractivity (Wildman–Crippen MR) is 153 cm³/mol. The van der Waals surface area contributed by atoms with E-state index in [0.29, 0.717) is 42.6 Å². The topological polar surface area (TPSA) is 52.6 Å². The molecule has 1 unspecified atom stereocenters. The second-order valence-corrected chi connectivity index (χ2v) is 12.3. The van der Waals surface area contributed by atoms with E-state index in [1.54, 1.807) is 12.1 Å². The largest absolute Gasteiger partial charge is 0.466 e. The van der Waals surface area contributed by atoms with E-state index in [1.807, 2.05) is 13.0 Å². The molecule has 39 heavy (non-hydrogen) atoms. The minimum absolute atomic E-state index is 0. The summed E-state index contributed by atoms with van der Waals surface area (Å²) in [5, 5.41) is 0. The van der Waals surface area contributed by atoms with E-state index in [4.69, 9.17) is 9.47 Å². The van der Waals surface area contributed by atoms with Crippen molar-refractivity contribution >= 4 is 17.5 Å². The van der Waals surface area contributed by atoms with Crippen LogP contribution >= 0.6 is 0 Å². The van der Waals surface area contributed by atoms with Crippen molar-refractivity contribution in [1.82, 2.24) is 0 Å². The number of fused-ring (bicyclic) bond motifs is 2. The van der Waals surface area contributed by atoms with E-state index in [-0.39, 0.29) is 37.1 Å². The molecule has 5 heteroatoms. The van der Waals surface area contributed by atoms with Gasteiger partial charge in [-0.05, 0) is 111 Å². The van der Waals surface area contributed by atoms with Crippen LogP contribution in [0.1, 0.15) is 79.1 Å². The molecular formula is C34H45FO4. The number of rotatable bonds is 8. The summed E-state index contributed by atoms with van der Waals surface area (Å²) in [5.74, 6) is 2.29. The van der Waals surface area contributed by atoms with Crippen LogP contribution < -0.4 is 0 Å². The normalized spacial score (nSPS) is 34.1. The molecule has 1 aromatic carbocycles. The lowest BCUT2D eigenvalue weighted by molar-refractivity contribution is -0.145. The molecule has 5 rings (SSSR count). The molecule has 3 fully saturated rings. The SMILES string of the molecule is CCOC(=O)CCC[C@H]1CC[C@@H]2[C@H](C1)C[C@@H]1C(=O)O[C@@H](C)[C@@H]1[C@H]2/C=C/C1=CC=C(c2cccc(F)c2)C(C)C1.[HH]. The van der Waals surface area contributed by atoms with Gasteiger partial charge < -0.3 is 9.47 Å². The zero-order valence-corrected chi connectivity index (χ0v) is 23.6. The van der Waals surface area contributed by atoms with Gasteiger partial charge >= 0.3 is 11.9 Å². The van der Waals surface area contributed by atoms with Gasteiger partial charge in [0.2, 0.25) is 0 Å². The molecule has 0 N–H and O–H groups in total. The van der Waals surface area contributed by atoms with E-state index in [0.717, 1.165) is 37.7 Å². The highest BCUT2D eigenvalue weighted by molar-refractivity contribution is 5.75. The lowest BCUT2D eigenvalue weighted by Crippen LogP contribution is -2.44. The number of cyclic esters (lactones) is 1. The van der Waals surface area contributed by atoms with Crippen LogP contribution in [0.5, 0.6) is 0 Å². The molecule has 2 saturated carbocycles. The molecule has 1 aliphatic heterocycles. The molecule has 0 radical (unpaired) electrons. The monoisotopic (exact) mass is 536 g/mol. The van der Waals surface area contributed by atoms with Gasteiger partial charge in [-0.2, -0.15) is 0 Å². The van der Waals surface area contributed by atoms with Crippen molar-refractivity contribution in [2.45, 2.75) is 78.2 Å². The summed E-state index contributed by atoms with van der Waals surface area (Å²) in [4.78, 5) is 24.6. The van der Waals surface area contributed by atoms with Crippen LogP contribution in [0.3, 0.4) is 0 Å². The molecular weight excluding hydrogens is 491 g/mol. The Hall–Kier alpha value is -2.69. The second-order valence-electron chi connectivity index (χ2n) is 12.3. The summed E-state index contributed by atoms with van der Waals surface area (Å²) in [6.07, 6.45) is 16.8. The van der Waals surface area contributed by atoms with Crippen LogP contribution in [0, 0.1) is 47.2 Å². The van der Waals surface area contributed by atoms with Crippen molar-refractivity contribution in [2.24, 2.45) is 41.4 Å². The average Bonchev–Trinajstić information content (AvgIpc) is 3.19. The maximum atomic E-state index is 13.8. The van der Waals surface area contributed by atoms with E-state index >= 15 is 0 Å². The summed E-state index contributed by atoms with van der Waals surface area (Å²) >= 11 is 0. The van der Waals surface area contributed by atoms with Crippen LogP contribution in [0.2, 0.25) is 0 Å². The molecule has 0 spiro atoms. The number of esters is 2. The quantitative estimate of drug-likeness (QED) is 0.317. The zero-order valence-electron chi connectivity index (χ0n) is 23.6. The van der Waals surface area contributed by atoms with Gasteiger partial charge in [0.1, 0.15) is 11.9 Å². The lowest BCUT2D eigenvalue weighted by atomic mass is 9.55. The highest BCUT2D eigenvalue weighted by Gasteiger charge is 2.54. The van der Waals surface area contributed by atoms with Gasteiger partial charge in [-0.1, -0.05) is 49.8 Å². The van der Waals surface area contributed by atoms with Crippen LogP contribution in [-0.4, -0.2) is 24.6 Å². The van der Waals surface area contributed by atoms with Crippen molar-refractivity contribution < 1.29 is 24.9 Å². The Kier molecular flexibility index (Phi) is 8.73. The van der Waals surface area contributed by atoms with Crippen molar-refractivity contribution in [2.75, 3.05) is 6.61 Å². The van der Waals surface area contributed by atoms with Crippen molar-refractivity contribution in [3.63, 3.8) is 0 Å². The summed E-state index contributed by atoms with van der Waals surface area (Å²) in [6.45, 7) is 6.57. The van der Waals surface area contributed by atoms with Crippen molar-refractivity contribution in [3.05, 3.63) is 65.5 Å². The Morgan fingerprint density at radius 1 is 1.21 bits per heavy atom. The molecule has 1 saturated heterocycles. The van der Waals surface area contributed by atoms with Crippen molar-refractivity contribution in [1.29, 1.82) is 0 Å². The van der Waals surface area contributed by atoms with E-state index in [2.05, 4.69) is 38.2 Å². The minimum atomic E-state index is -0.201. The smallest absolute Gasteiger partial charge is 0.309 e. The van der Waals surface area contributed by atoms with Crippen LogP contribution in [0.4, 0.5) is 4.39 Å². The van der Waals surface area contributed by atoms with Gasteiger partial charge in [-0.15, -0.1) is 0 Å². The molecule has 0 aromatic heterocycles. The standard InChI is InChI=1S/C34H43FO4.H2/c1-4-38-32(36)10-5-7-23-12-15-29-26(18-23)20-31-33(22(3)39-34(31)37)30(29)16-13-24-11-14-28(21(2)17-24)25-8-6-9-27(35)19-25;/h6,8-9,11,13-14,16,19,21-23,26,29-31,33H,4-5,7,10,12,15,17-18,20H2,1-3H3;1H/b16-13+;/t21?,22-,23-,26+,29+,30-,31-,33+;/m0./s1. The van der Waals surface area contributed by atoms with Gasteiger partial charge in [0.25, 0.3) is 0 Å². The lowest BCUT2D eigenvalue weighted by Gasteiger charge is -2.47. The Morgan fingerprint density at radius 2 is 2.05 bits per heavy atom. The van der Waals surface area contributed by atoms with Gasteiger partial charge in [-0.25, -0.2) is 4.39 Å². The summed E-state index contributed by atoms with van der Waals surface area (Å²) in [7, 11) is 0. The van der Waals surface area contributed by atoms with E-state index in [1.165, 1.54) is 30.1 Å². The Morgan fingerprint density at radius 3 is 2.82 bits per heavy atom. The highest BCUT2D eigenvalue weighted by Crippen LogP contribution is 2.55. The molecule has 0 amide bonds. The number of benzene rings is 1. The number of allylic oxidation sites excluding steroid dienone is 6. The molecule has 1 aromatic rings. The molecule has 4 nitrogen and oxygen atoms in total. The number of hydrogen-bond acceptors (Lipinski definition) is 4. The molecule has 0 bridgehead atoms. The molecule has 1 heterocycles. The highest BCUT2D eigenvalue weighted by atomic mass is 19.1. The molecule has 4 aliphatic rings. The van der Waals surface area contributed by atoms with Crippen LogP contribution in [0.15, 0.2) is 54.1 Å². The molecule has 8 atom stereocenters. The Balaban J connectivity index is 0.00000370. The number of halogens is 1. The first-order chi connectivity index (χ1) is 18.8. The molecule has 3 aliphatic carbocycles. The second kappa shape index (κ2) is 12.2. The number of ether oxygens (including phenoxy) is 2. The Bertz CT molecular complexity index is 1160. The van der Waals surface area contributed by atoms with E-state index < -0.39 is 0 Å². The summed E-state index contributed by atoms with van der Waals surface area (Å²) in [6, 6.07) is 6.86. The maximum Gasteiger partial charge on any atom is 0.309 e. The van der Waals surface area contributed by atoms with Crippen LogP contribution in [-0.2, 0) is 19.1 Å². The first-order valence-corrected chi connectivity index (χ1v) is 15.0. The number of carbonyl (C=O) groups is 2. The third-order valence-corrected chi connectivity index (χ3v) is 9.80. The fourth-order valence-corrected chi connectivity index (χ4v) is 8.04. The minimum Gasteiger partial charge on any atom is -0.466 e. The van der Waals surface area contributed by atoms with E-state index in [9.17, 15) is 14.0 Å². The predicted octanol–water partition coefficient (Wildman–Crippen LogP) is 7.94. The molecule has 212 valence electrons. The number of hydrogen-bond donors (Lipinski definition) is 0. The first-order valence-electron chi connectivity index (χ1n) is 15.0. The van der Waals surface area contributed by atoms with Crippen LogP contribution in [0.25, 0.3) is 5.57 Å². The summed E-state index contributed by atoms with van der Waals surface area (Å²) in [5.41, 5.74) is 3.41. The maximum absolute atomic E-state index is 13.8. The fraction of sp³-hybridized carbons (Fsp3) is 0.588. The summed E-state index contributed by atoms with van der Waals surface area (Å²) < 4.78 is 24.7. The van der Waals surface area contributed by atoms with Gasteiger partial charge in [0.05, 0.1) is 12.5 Å². The Labute approximate surface area is 234 Å². The number of carbonyl (C=O) groups excluding carboxylic acids is 2. The van der Waals surface area contributed by atoms with Gasteiger partial charge in [0.15, 0.2) is 0 Å². The fourth-order valence-electron chi connectivity index (χ4n) is 8.04. The third-order valence-electron chi connectivity index (χ3n) is 9.80. The average molecular weight is 537 g/mol.